The SMILES string of the molecule is C1COC1.COC(=O)[C@H]1[C@H]2C[C@@H]3c4[nH]c5cc(OC)ccc5c4CCN3C[C@H]2C[C@@H](OC(=O)c2cc(OC)c(OC)c(OC)c2)[C@@H]1OC. The van der Waals surface area contributed by atoms with Crippen molar-refractivity contribution in [3.05, 3.63) is 47.2 Å². The highest BCUT2D eigenvalue weighted by atomic mass is 16.6. The molecule has 3 aliphatic heterocycles. The summed E-state index contributed by atoms with van der Waals surface area (Å²) in [6.45, 7) is 3.68. The predicted octanol–water partition coefficient (Wildman–Crippen LogP) is 4.58. The van der Waals surface area contributed by atoms with Crippen LogP contribution in [0.3, 0.4) is 0 Å². The van der Waals surface area contributed by atoms with E-state index in [1.165, 1.54) is 51.5 Å². The maximum Gasteiger partial charge on any atom is 0.338 e. The third kappa shape index (κ3) is 6.28. The van der Waals surface area contributed by atoms with Crippen molar-refractivity contribution >= 4 is 22.8 Å². The first kappa shape index (κ1) is 33.9. The van der Waals surface area contributed by atoms with Crippen LogP contribution in [0.2, 0.25) is 0 Å². The van der Waals surface area contributed by atoms with Crippen LogP contribution in [0.4, 0.5) is 0 Å². The zero-order valence-corrected chi connectivity index (χ0v) is 28.5. The molecule has 1 saturated carbocycles. The molecule has 2 aromatic carbocycles. The number of aromatic nitrogens is 1. The number of nitrogens with zero attached hydrogens (tertiary/aromatic N) is 1. The number of ether oxygens (including phenoxy) is 8. The fourth-order valence-electron chi connectivity index (χ4n) is 7.91. The lowest BCUT2D eigenvalue weighted by Crippen LogP contribution is -2.58. The van der Waals surface area contributed by atoms with Crippen LogP contribution in [-0.4, -0.2) is 103 Å². The van der Waals surface area contributed by atoms with Gasteiger partial charge in [-0.05, 0) is 67.3 Å². The molecule has 0 radical (unpaired) electrons. The number of hydrogen-bond donors (Lipinski definition) is 1. The van der Waals surface area contributed by atoms with Gasteiger partial charge in [0.15, 0.2) is 11.5 Å². The highest BCUT2D eigenvalue weighted by molar-refractivity contribution is 5.91. The van der Waals surface area contributed by atoms with E-state index in [1.807, 2.05) is 12.1 Å². The van der Waals surface area contributed by atoms with Gasteiger partial charge in [0.2, 0.25) is 5.75 Å². The Morgan fingerprint density at radius 3 is 2.21 bits per heavy atom. The largest absolute Gasteiger partial charge is 0.497 e. The molecule has 0 spiro atoms. The topological polar surface area (TPSA) is 127 Å². The van der Waals surface area contributed by atoms with Crippen molar-refractivity contribution in [2.75, 3.05) is 69.0 Å². The third-order valence-electron chi connectivity index (χ3n) is 10.3. The van der Waals surface area contributed by atoms with Crippen LogP contribution in [0.1, 0.15) is 46.9 Å². The van der Waals surface area contributed by atoms with E-state index < -0.39 is 24.1 Å². The molecule has 4 heterocycles. The molecule has 0 amide bonds. The highest BCUT2D eigenvalue weighted by Gasteiger charge is 2.54. The van der Waals surface area contributed by atoms with Crippen LogP contribution in [0.25, 0.3) is 10.9 Å². The van der Waals surface area contributed by atoms with Gasteiger partial charge in [-0.3, -0.25) is 9.69 Å². The Bertz CT molecular complexity index is 1590. The average molecular weight is 667 g/mol. The lowest BCUT2D eigenvalue weighted by molar-refractivity contribution is -0.176. The lowest BCUT2D eigenvalue weighted by Gasteiger charge is -2.52. The molecule has 260 valence electrons. The zero-order chi connectivity index (χ0) is 33.9. The summed E-state index contributed by atoms with van der Waals surface area (Å²) in [6, 6.07) is 9.40. The molecule has 3 fully saturated rings. The van der Waals surface area contributed by atoms with Crippen LogP contribution in [0.5, 0.6) is 23.0 Å². The van der Waals surface area contributed by atoms with Gasteiger partial charge >= 0.3 is 11.9 Å². The second-order valence-corrected chi connectivity index (χ2v) is 12.7. The first-order valence-corrected chi connectivity index (χ1v) is 16.5. The van der Waals surface area contributed by atoms with E-state index in [0.29, 0.717) is 23.7 Å². The molecule has 12 heteroatoms. The van der Waals surface area contributed by atoms with Gasteiger partial charge in [-0.2, -0.15) is 0 Å². The Kier molecular flexibility index (Phi) is 10.3. The van der Waals surface area contributed by atoms with E-state index in [4.69, 9.17) is 37.9 Å². The maximum absolute atomic E-state index is 13.5. The summed E-state index contributed by atoms with van der Waals surface area (Å²) >= 11 is 0. The molecule has 1 aliphatic carbocycles. The lowest BCUT2D eigenvalue weighted by atomic mass is 9.63. The molecule has 0 bridgehead atoms. The van der Waals surface area contributed by atoms with Gasteiger partial charge < -0.3 is 42.9 Å². The Labute approximate surface area is 280 Å². The molecular formula is C36H46N2O10. The summed E-state index contributed by atoms with van der Waals surface area (Å²) < 4.78 is 43.8. The minimum Gasteiger partial charge on any atom is -0.497 e. The molecule has 48 heavy (non-hydrogen) atoms. The van der Waals surface area contributed by atoms with Gasteiger partial charge in [-0.1, -0.05) is 0 Å². The molecule has 1 N–H and O–H groups in total. The van der Waals surface area contributed by atoms with E-state index >= 15 is 0 Å². The fourth-order valence-corrected chi connectivity index (χ4v) is 7.91. The Hall–Kier alpha value is -4.00. The summed E-state index contributed by atoms with van der Waals surface area (Å²) in [5.41, 5.74) is 3.83. The molecule has 3 aromatic rings. The van der Waals surface area contributed by atoms with E-state index in [2.05, 4.69) is 16.0 Å². The fraction of sp³-hybridized carbons (Fsp3) is 0.556. The van der Waals surface area contributed by atoms with Gasteiger partial charge in [0.1, 0.15) is 18.0 Å². The van der Waals surface area contributed by atoms with Gasteiger partial charge in [0.25, 0.3) is 0 Å². The Balaban J connectivity index is 0.000000934. The molecule has 7 rings (SSSR count). The third-order valence-corrected chi connectivity index (χ3v) is 10.3. The number of methoxy groups -OCH3 is 6. The summed E-state index contributed by atoms with van der Waals surface area (Å²) in [5, 5.41) is 1.21. The van der Waals surface area contributed by atoms with Crippen molar-refractivity contribution in [2.24, 2.45) is 17.8 Å². The summed E-state index contributed by atoms with van der Waals surface area (Å²) in [6.07, 6.45) is 2.20. The number of hydrogen-bond acceptors (Lipinski definition) is 11. The van der Waals surface area contributed by atoms with Crippen molar-refractivity contribution in [2.45, 2.75) is 43.9 Å². The smallest absolute Gasteiger partial charge is 0.338 e. The summed E-state index contributed by atoms with van der Waals surface area (Å²) in [7, 11) is 9.10. The number of benzene rings is 2. The number of rotatable bonds is 8. The van der Waals surface area contributed by atoms with Crippen LogP contribution in [-0.2, 0) is 30.2 Å². The average Bonchev–Trinajstić information content (AvgIpc) is 3.46. The van der Waals surface area contributed by atoms with Crippen molar-refractivity contribution < 1.29 is 47.5 Å². The first-order valence-electron chi connectivity index (χ1n) is 16.5. The van der Waals surface area contributed by atoms with E-state index in [0.717, 1.165) is 50.4 Å². The second kappa shape index (κ2) is 14.6. The monoisotopic (exact) mass is 666 g/mol. The molecule has 1 aromatic heterocycles. The van der Waals surface area contributed by atoms with Gasteiger partial charge in [-0.15, -0.1) is 0 Å². The van der Waals surface area contributed by atoms with Crippen molar-refractivity contribution in [3.8, 4) is 23.0 Å². The second-order valence-electron chi connectivity index (χ2n) is 12.7. The number of esters is 2. The number of aromatic amines is 1. The van der Waals surface area contributed by atoms with Crippen molar-refractivity contribution in [1.82, 2.24) is 9.88 Å². The minimum absolute atomic E-state index is 0.0170. The number of H-pyrrole nitrogens is 1. The van der Waals surface area contributed by atoms with Gasteiger partial charge in [0, 0.05) is 56.1 Å². The number of nitrogens with one attached hydrogen (secondary N) is 1. The van der Waals surface area contributed by atoms with Crippen LogP contribution >= 0.6 is 0 Å². The maximum atomic E-state index is 13.5. The minimum atomic E-state index is -0.670. The first-order chi connectivity index (χ1) is 23.3. The standard InChI is InChI=1S/C33H40N2O9.C3H6O/c1-38-19-7-8-20-21-9-10-35-16-18-13-27(44-32(36)17-11-25(39-2)30(41-4)26(12-17)40-3)31(42-5)28(33(37)43-6)22(18)15-24(35)29(21)34-23(20)14-19;1-2-4-3-1/h7-8,11-12,14,18,22,24,27-28,31,34H,9-10,13,15-16H2,1-6H3;1-3H2/t18-,22+,24-,27-,28+,31+;/m1./s1. The number of carbonyl (C=O) groups excluding carboxylic acids is 2. The Morgan fingerprint density at radius 1 is 0.917 bits per heavy atom. The number of fused-ring (bicyclic) bond motifs is 6. The van der Waals surface area contributed by atoms with Crippen LogP contribution in [0, 0.1) is 17.8 Å². The van der Waals surface area contributed by atoms with Crippen molar-refractivity contribution in [1.29, 1.82) is 0 Å². The number of carbonyl (C=O) groups is 2. The highest BCUT2D eigenvalue weighted by Crippen LogP contribution is 2.51. The van der Waals surface area contributed by atoms with E-state index in [1.54, 1.807) is 26.4 Å². The summed E-state index contributed by atoms with van der Waals surface area (Å²) in [5.74, 6) is 0.441. The molecule has 4 aliphatic rings. The van der Waals surface area contributed by atoms with E-state index in [-0.39, 0.29) is 29.4 Å². The summed E-state index contributed by atoms with van der Waals surface area (Å²) in [4.78, 5) is 33.1. The molecular weight excluding hydrogens is 620 g/mol. The molecule has 2 saturated heterocycles. The molecule has 12 nitrogen and oxygen atoms in total. The number of piperidine rings is 1. The molecule has 0 unspecified atom stereocenters. The van der Waals surface area contributed by atoms with Crippen LogP contribution < -0.4 is 18.9 Å². The van der Waals surface area contributed by atoms with Gasteiger partial charge in [-0.25, -0.2) is 4.79 Å². The molecule has 6 atom stereocenters. The van der Waals surface area contributed by atoms with Gasteiger partial charge in [0.05, 0.1) is 53.1 Å². The zero-order valence-electron chi connectivity index (χ0n) is 28.5. The normalized spacial score (nSPS) is 26.0. The predicted molar refractivity (Wildman–Crippen MR) is 176 cm³/mol. The van der Waals surface area contributed by atoms with E-state index in [9.17, 15) is 9.59 Å². The van der Waals surface area contributed by atoms with Crippen molar-refractivity contribution in [3.63, 3.8) is 0 Å². The quantitative estimate of drug-likeness (QED) is 0.340. The Morgan fingerprint density at radius 2 is 1.62 bits per heavy atom. The van der Waals surface area contributed by atoms with Crippen LogP contribution in [0.15, 0.2) is 30.3 Å².